The van der Waals surface area contributed by atoms with Gasteiger partial charge in [-0.1, -0.05) is 13.8 Å². The molecule has 0 aromatic rings. The van der Waals surface area contributed by atoms with Crippen molar-refractivity contribution in [2.45, 2.75) is 64.4 Å². The summed E-state index contributed by atoms with van der Waals surface area (Å²) < 4.78 is 0. The highest BCUT2D eigenvalue weighted by molar-refractivity contribution is 6.41. The number of amides is 2. The van der Waals surface area contributed by atoms with Gasteiger partial charge < -0.3 is 33.2 Å². The van der Waals surface area contributed by atoms with Crippen molar-refractivity contribution in [3.05, 3.63) is 0 Å². The van der Waals surface area contributed by atoms with Crippen molar-refractivity contribution in [3.8, 4) is 0 Å². The highest BCUT2D eigenvalue weighted by Gasteiger charge is 2.32. The number of nitrogens with one attached hydrogen (secondary N) is 4. The molecule has 11 nitrogen and oxygen atoms in total. The molecule has 0 radical (unpaired) electrons. The zero-order chi connectivity index (χ0) is 22.6. The number of carbonyl (C=O) groups excluding carboxylic acids is 4. The normalized spacial score (nSPS) is 14.5. The maximum atomic E-state index is 12.8. The van der Waals surface area contributed by atoms with Crippen LogP contribution in [0.15, 0.2) is 0 Å². The van der Waals surface area contributed by atoms with E-state index in [9.17, 15) is 19.2 Å². The third kappa shape index (κ3) is 11.6. The third-order valence-corrected chi connectivity index (χ3v) is 4.39. The second-order valence-corrected chi connectivity index (χ2v) is 7.45. The molecule has 0 unspecified atom stereocenters. The molecule has 168 valence electrons. The Labute approximate surface area is 172 Å². The summed E-state index contributed by atoms with van der Waals surface area (Å²) >= 11 is 0. The first-order valence-corrected chi connectivity index (χ1v) is 9.81. The molecule has 10 N–H and O–H groups in total. The second kappa shape index (κ2) is 14.1. The molecular weight excluding hydrogens is 378 g/mol. The van der Waals surface area contributed by atoms with E-state index in [4.69, 9.17) is 17.2 Å². The maximum absolute atomic E-state index is 12.8. The number of primary amides is 1. The fourth-order valence-corrected chi connectivity index (χ4v) is 2.66. The van der Waals surface area contributed by atoms with Gasteiger partial charge in [-0.15, -0.1) is 0 Å². The van der Waals surface area contributed by atoms with Gasteiger partial charge in [-0.3, -0.25) is 19.7 Å². The second-order valence-electron chi connectivity index (χ2n) is 7.45. The minimum atomic E-state index is -1.01. The highest BCUT2D eigenvalue weighted by atomic mass is 16.2. The Morgan fingerprint density at radius 3 is 2.00 bits per heavy atom. The lowest BCUT2D eigenvalue weighted by Gasteiger charge is -2.22. The van der Waals surface area contributed by atoms with Crippen LogP contribution in [0.5, 0.6) is 0 Å². The molecule has 0 fully saturated rings. The molecule has 3 atom stereocenters. The summed E-state index contributed by atoms with van der Waals surface area (Å²) in [6.07, 6.45) is 0.373. The van der Waals surface area contributed by atoms with E-state index in [0.717, 1.165) is 0 Å². The molecule has 0 bridgehead atoms. The van der Waals surface area contributed by atoms with Crippen LogP contribution in [0.1, 0.15) is 40.0 Å². The number of urea groups is 1. The van der Waals surface area contributed by atoms with Crippen LogP contribution in [-0.2, 0) is 14.4 Å². The smallest absolute Gasteiger partial charge is 0.312 e. The van der Waals surface area contributed by atoms with Gasteiger partial charge in [-0.25, -0.2) is 4.79 Å². The summed E-state index contributed by atoms with van der Waals surface area (Å²) in [7, 11) is 1.66. The fourth-order valence-electron chi connectivity index (χ4n) is 2.66. The Kier molecular flexibility index (Phi) is 13.2. The largest absolute Gasteiger partial charge is 0.352 e. The predicted molar refractivity (Wildman–Crippen MR) is 111 cm³/mol. The topological polar surface area (TPSA) is 194 Å². The quantitative estimate of drug-likeness (QED) is 0.0840. The standard InChI is InChI=1S/C18H37N7O4/c1-10(2)8-13(25-18(21)29)16(28)15(27)12(6-5-7-23-17(19)20)24-9-14(26)11(3)22-4/h10-13,17,22-24H,5-9,19-20H2,1-4H3,(H3,21,25,29)/t11-,12-,13-/m0/s1. The Morgan fingerprint density at radius 2 is 1.52 bits per heavy atom. The number of ketones is 3. The van der Waals surface area contributed by atoms with Crippen molar-refractivity contribution in [1.82, 2.24) is 21.3 Å². The molecule has 0 heterocycles. The van der Waals surface area contributed by atoms with Crippen LogP contribution < -0.4 is 38.5 Å². The van der Waals surface area contributed by atoms with E-state index in [1.165, 1.54) is 0 Å². The summed E-state index contributed by atoms with van der Waals surface area (Å²) in [6.45, 7) is 5.79. The molecule has 11 heteroatoms. The lowest BCUT2D eigenvalue weighted by Crippen LogP contribution is -2.53. The van der Waals surface area contributed by atoms with E-state index >= 15 is 0 Å². The number of hydrogen-bond donors (Lipinski definition) is 7. The summed E-state index contributed by atoms with van der Waals surface area (Å²) in [4.78, 5) is 48.9. The molecule has 0 saturated carbocycles. The average Bonchev–Trinajstić information content (AvgIpc) is 2.63. The zero-order valence-electron chi connectivity index (χ0n) is 17.8. The van der Waals surface area contributed by atoms with Gasteiger partial charge in [0.25, 0.3) is 0 Å². The molecule has 0 rings (SSSR count). The van der Waals surface area contributed by atoms with Crippen LogP contribution >= 0.6 is 0 Å². The number of nitrogens with two attached hydrogens (primary N) is 3. The first kappa shape index (κ1) is 27.1. The van der Waals surface area contributed by atoms with Crippen LogP contribution in [-0.4, -0.2) is 67.9 Å². The molecule has 0 aromatic carbocycles. The van der Waals surface area contributed by atoms with Crippen molar-refractivity contribution in [3.63, 3.8) is 0 Å². The van der Waals surface area contributed by atoms with E-state index in [1.54, 1.807) is 14.0 Å². The number of hydrogen-bond acceptors (Lipinski definition) is 9. The van der Waals surface area contributed by atoms with Crippen molar-refractivity contribution < 1.29 is 19.2 Å². The van der Waals surface area contributed by atoms with Gasteiger partial charge in [-0.2, -0.15) is 0 Å². The summed E-state index contributed by atoms with van der Waals surface area (Å²) in [5.41, 5.74) is 16.0. The first-order valence-electron chi connectivity index (χ1n) is 9.81. The van der Waals surface area contributed by atoms with E-state index < -0.39 is 42.0 Å². The van der Waals surface area contributed by atoms with Gasteiger partial charge >= 0.3 is 6.03 Å². The number of Topliss-reactive ketones (excluding diaryl/α,β-unsaturated/α-hetero) is 3. The van der Waals surface area contributed by atoms with E-state index in [0.29, 0.717) is 13.0 Å². The zero-order valence-corrected chi connectivity index (χ0v) is 17.8. The number of likely N-dealkylation sites (N-methyl/N-ethyl adjacent to an activating group) is 1. The molecular formula is C18H37N7O4. The van der Waals surface area contributed by atoms with Gasteiger partial charge in [0.05, 0.1) is 24.7 Å². The van der Waals surface area contributed by atoms with Gasteiger partial charge in [-0.05, 0) is 45.7 Å². The molecule has 0 aliphatic heterocycles. The number of rotatable bonds is 16. The Morgan fingerprint density at radius 1 is 0.931 bits per heavy atom. The molecule has 2 amide bonds. The molecule has 0 aromatic heterocycles. The van der Waals surface area contributed by atoms with E-state index in [2.05, 4.69) is 21.3 Å². The third-order valence-electron chi connectivity index (χ3n) is 4.39. The van der Waals surface area contributed by atoms with Crippen LogP contribution in [0.25, 0.3) is 0 Å². The van der Waals surface area contributed by atoms with Crippen LogP contribution in [0.2, 0.25) is 0 Å². The highest BCUT2D eigenvalue weighted by Crippen LogP contribution is 2.09. The van der Waals surface area contributed by atoms with E-state index in [-0.39, 0.29) is 31.1 Å². The van der Waals surface area contributed by atoms with Crippen molar-refractivity contribution in [2.75, 3.05) is 20.1 Å². The van der Waals surface area contributed by atoms with Crippen LogP contribution in [0.4, 0.5) is 4.79 Å². The molecule has 0 aliphatic carbocycles. The van der Waals surface area contributed by atoms with Gasteiger partial charge in [0.2, 0.25) is 11.6 Å². The number of carbonyl (C=O) groups is 4. The fraction of sp³-hybridized carbons (Fsp3) is 0.778. The van der Waals surface area contributed by atoms with Crippen molar-refractivity contribution in [1.29, 1.82) is 0 Å². The van der Waals surface area contributed by atoms with Crippen LogP contribution in [0.3, 0.4) is 0 Å². The molecule has 0 aliphatic rings. The van der Waals surface area contributed by atoms with Crippen molar-refractivity contribution in [2.24, 2.45) is 23.1 Å². The van der Waals surface area contributed by atoms with Crippen molar-refractivity contribution >= 4 is 23.4 Å². The molecule has 0 saturated heterocycles. The minimum absolute atomic E-state index is 0.0586. The Hall–Kier alpha value is -1.92. The summed E-state index contributed by atoms with van der Waals surface area (Å²) in [5, 5.41) is 10.9. The first-order chi connectivity index (χ1) is 13.5. The monoisotopic (exact) mass is 415 g/mol. The molecule has 29 heavy (non-hydrogen) atoms. The summed E-state index contributed by atoms with van der Waals surface area (Å²) in [5.74, 6) is -1.53. The summed E-state index contributed by atoms with van der Waals surface area (Å²) in [6, 6.07) is -3.15. The van der Waals surface area contributed by atoms with E-state index in [1.807, 2.05) is 13.8 Å². The SMILES string of the molecule is CN[C@@H](C)C(=O)CN[C@@H](CCCNC(N)N)C(=O)C(=O)[C@H](CC(C)C)NC(N)=O. The Bertz CT molecular complexity index is 554. The van der Waals surface area contributed by atoms with Gasteiger partial charge in [0, 0.05) is 0 Å². The average molecular weight is 416 g/mol. The lowest BCUT2D eigenvalue weighted by molar-refractivity contribution is -0.139. The lowest BCUT2D eigenvalue weighted by atomic mass is 9.93. The predicted octanol–water partition coefficient (Wildman–Crippen LogP) is -2.09. The van der Waals surface area contributed by atoms with Crippen LogP contribution in [0, 0.1) is 5.92 Å². The van der Waals surface area contributed by atoms with Gasteiger partial charge in [0.1, 0.15) is 6.29 Å². The minimum Gasteiger partial charge on any atom is -0.352 e. The molecule has 0 spiro atoms. The maximum Gasteiger partial charge on any atom is 0.312 e. The Balaban J connectivity index is 5.20. The van der Waals surface area contributed by atoms with Gasteiger partial charge in [0.15, 0.2) is 5.78 Å².